The van der Waals surface area contributed by atoms with Crippen LogP contribution < -0.4 is 19.5 Å². The van der Waals surface area contributed by atoms with Gasteiger partial charge in [-0.05, 0) is 29.3 Å². The molecule has 0 aliphatic carbocycles. The van der Waals surface area contributed by atoms with Crippen molar-refractivity contribution in [2.75, 3.05) is 18.5 Å². The van der Waals surface area contributed by atoms with Crippen LogP contribution in [-0.2, 0) is 11.4 Å². The van der Waals surface area contributed by atoms with E-state index in [2.05, 4.69) is 5.32 Å². The lowest BCUT2D eigenvalue weighted by molar-refractivity contribution is -0.384. The van der Waals surface area contributed by atoms with Gasteiger partial charge in [0.2, 0.25) is 0 Å². The number of carbonyl (C=O) groups excluding carboxylic acids is 1. The van der Waals surface area contributed by atoms with Crippen molar-refractivity contribution < 1.29 is 23.9 Å². The summed E-state index contributed by atoms with van der Waals surface area (Å²) in [6.45, 7) is 0.968. The zero-order chi connectivity index (χ0) is 23.9. The zero-order valence-electron chi connectivity index (χ0n) is 17.9. The lowest BCUT2D eigenvalue weighted by Crippen LogP contribution is -2.18. The number of amides is 1. The Labute approximate surface area is 195 Å². The Morgan fingerprint density at radius 1 is 1.09 bits per heavy atom. The molecule has 170 valence electrons. The van der Waals surface area contributed by atoms with Crippen LogP contribution in [0.25, 0.3) is 6.08 Å². The van der Waals surface area contributed by atoms with Crippen LogP contribution in [0.2, 0.25) is 0 Å². The van der Waals surface area contributed by atoms with Crippen molar-refractivity contribution in [2.45, 2.75) is 6.61 Å². The largest absolute Gasteiger partial charge is 0.489 e. The van der Waals surface area contributed by atoms with Gasteiger partial charge in [0.05, 0.1) is 11.0 Å². The lowest BCUT2D eigenvalue weighted by Gasteiger charge is -2.19. The van der Waals surface area contributed by atoms with E-state index in [4.69, 9.17) is 14.2 Å². The average molecular weight is 457 g/mol. The van der Waals surface area contributed by atoms with Crippen LogP contribution in [0.4, 0.5) is 11.4 Å². The number of anilines is 1. The van der Waals surface area contributed by atoms with Gasteiger partial charge in [-0.25, -0.2) is 0 Å². The molecule has 0 spiro atoms. The molecule has 0 bridgehead atoms. The van der Waals surface area contributed by atoms with Gasteiger partial charge in [0, 0.05) is 6.07 Å². The number of carbonyl (C=O) groups is 1. The summed E-state index contributed by atoms with van der Waals surface area (Å²) in [5.41, 5.74) is 0.945. The summed E-state index contributed by atoms with van der Waals surface area (Å²) in [5, 5.41) is 23.4. The highest BCUT2D eigenvalue weighted by molar-refractivity contribution is 6.10. The molecule has 1 aliphatic heterocycles. The van der Waals surface area contributed by atoms with Crippen LogP contribution in [0.15, 0.2) is 72.3 Å². The minimum Gasteiger partial charge on any atom is -0.489 e. The highest BCUT2D eigenvalue weighted by Crippen LogP contribution is 2.39. The van der Waals surface area contributed by atoms with Crippen LogP contribution in [0.5, 0.6) is 17.2 Å². The summed E-state index contributed by atoms with van der Waals surface area (Å²) in [5.74, 6) is 0.352. The van der Waals surface area contributed by atoms with Crippen LogP contribution in [0.1, 0.15) is 11.1 Å². The maximum absolute atomic E-state index is 12.7. The first kappa shape index (κ1) is 22.4. The van der Waals surface area contributed by atoms with Crippen LogP contribution in [-0.4, -0.2) is 24.0 Å². The molecular weight excluding hydrogens is 438 g/mol. The van der Waals surface area contributed by atoms with E-state index in [0.29, 0.717) is 17.9 Å². The fraction of sp³-hybridized carbons (Fsp3) is 0.120. The van der Waals surface area contributed by atoms with Gasteiger partial charge in [0.1, 0.15) is 42.9 Å². The number of fused-ring (bicyclic) bond motifs is 1. The fourth-order valence-electron chi connectivity index (χ4n) is 3.24. The van der Waals surface area contributed by atoms with Gasteiger partial charge in [-0.15, -0.1) is 0 Å². The summed E-state index contributed by atoms with van der Waals surface area (Å²) in [4.78, 5) is 23.5. The number of nitro groups is 1. The maximum atomic E-state index is 12.7. The minimum absolute atomic E-state index is 0.0925. The number of rotatable bonds is 7. The van der Waals surface area contributed by atoms with Crippen molar-refractivity contribution in [3.05, 3.63) is 93.5 Å². The molecule has 0 saturated heterocycles. The van der Waals surface area contributed by atoms with Gasteiger partial charge in [-0.3, -0.25) is 14.9 Å². The molecule has 1 N–H and O–H groups in total. The number of nitrogens with zero attached hydrogens (tertiary/aromatic N) is 2. The van der Waals surface area contributed by atoms with E-state index in [1.165, 1.54) is 18.2 Å². The Hall–Kier alpha value is -4.84. The second-order valence-corrected chi connectivity index (χ2v) is 7.24. The first-order valence-electron chi connectivity index (χ1n) is 10.3. The standard InChI is InChI=1S/C25H19N3O6/c26-15-19(12-17-6-8-20(9-7-17)34-16-18-4-2-1-3-5-18)25(29)27-21-13-23-24(33-11-10-32-23)14-22(21)28(30)31/h1-9,12-14H,10-11,16H2,(H,27,29)/b19-12+. The van der Waals surface area contributed by atoms with Gasteiger partial charge in [0.25, 0.3) is 11.6 Å². The first-order valence-corrected chi connectivity index (χ1v) is 10.3. The number of nitro benzene ring substituents is 1. The van der Waals surface area contributed by atoms with Crippen molar-refractivity contribution in [3.63, 3.8) is 0 Å². The molecule has 3 aromatic rings. The molecule has 9 nitrogen and oxygen atoms in total. The van der Waals surface area contributed by atoms with E-state index in [-0.39, 0.29) is 41.7 Å². The second kappa shape index (κ2) is 10.2. The van der Waals surface area contributed by atoms with Crippen LogP contribution in [0, 0.1) is 21.4 Å². The van der Waals surface area contributed by atoms with Crippen molar-refractivity contribution in [2.24, 2.45) is 0 Å². The molecule has 9 heteroatoms. The fourth-order valence-corrected chi connectivity index (χ4v) is 3.24. The van der Waals surface area contributed by atoms with Crippen LogP contribution >= 0.6 is 0 Å². The van der Waals surface area contributed by atoms with Gasteiger partial charge in [-0.1, -0.05) is 42.5 Å². The molecule has 0 radical (unpaired) electrons. The number of hydrogen-bond donors (Lipinski definition) is 1. The number of ether oxygens (including phenoxy) is 3. The van der Waals surface area contributed by atoms with Gasteiger partial charge < -0.3 is 19.5 Å². The third kappa shape index (κ3) is 5.31. The molecule has 4 rings (SSSR count). The van der Waals surface area contributed by atoms with E-state index in [9.17, 15) is 20.2 Å². The number of benzene rings is 3. The normalized spacial score (nSPS) is 12.4. The van der Waals surface area contributed by atoms with Crippen molar-refractivity contribution in [3.8, 4) is 23.3 Å². The predicted molar refractivity (Wildman–Crippen MR) is 124 cm³/mol. The van der Waals surface area contributed by atoms with Gasteiger partial charge >= 0.3 is 0 Å². The molecule has 0 fully saturated rings. The molecular formula is C25H19N3O6. The molecule has 0 saturated carbocycles. The molecule has 34 heavy (non-hydrogen) atoms. The molecule has 1 amide bonds. The number of nitriles is 1. The second-order valence-electron chi connectivity index (χ2n) is 7.24. The Morgan fingerprint density at radius 2 is 1.76 bits per heavy atom. The third-order valence-electron chi connectivity index (χ3n) is 4.91. The summed E-state index contributed by atoms with van der Waals surface area (Å²) in [7, 11) is 0. The Kier molecular flexibility index (Phi) is 6.70. The Balaban J connectivity index is 1.48. The van der Waals surface area contributed by atoms with Crippen LogP contribution in [0.3, 0.4) is 0 Å². The smallest absolute Gasteiger partial charge is 0.296 e. The predicted octanol–water partition coefficient (Wildman–Crippen LogP) is 4.49. The lowest BCUT2D eigenvalue weighted by atomic mass is 10.1. The minimum atomic E-state index is -0.785. The molecule has 1 heterocycles. The molecule has 1 aliphatic rings. The Bertz CT molecular complexity index is 1280. The summed E-state index contributed by atoms with van der Waals surface area (Å²) in [6.07, 6.45) is 1.39. The molecule has 3 aromatic carbocycles. The van der Waals surface area contributed by atoms with E-state index in [1.54, 1.807) is 24.3 Å². The monoisotopic (exact) mass is 457 g/mol. The quantitative estimate of drug-likeness (QED) is 0.240. The average Bonchev–Trinajstić information content (AvgIpc) is 2.86. The van der Waals surface area contributed by atoms with Crippen molar-refractivity contribution in [1.82, 2.24) is 0 Å². The maximum Gasteiger partial charge on any atom is 0.296 e. The first-order chi connectivity index (χ1) is 16.5. The van der Waals surface area contributed by atoms with E-state index in [1.807, 2.05) is 36.4 Å². The molecule has 0 aromatic heterocycles. The van der Waals surface area contributed by atoms with Crippen molar-refractivity contribution >= 4 is 23.4 Å². The SMILES string of the molecule is N#C/C(=C\c1ccc(OCc2ccccc2)cc1)C(=O)Nc1cc2c(cc1[N+](=O)[O-])OCCO2. The topological polar surface area (TPSA) is 124 Å². The van der Waals surface area contributed by atoms with Gasteiger partial charge in [0.15, 0.2) is 11.5 Å². The third-order valence-corrected chi connectivity index (χ3v) is 4.91. The summed E-state index contributed by atoms with van der Waals surface area (Å²) < 4.78 is 16.5. The van der Waals surface area contributed by atoms with Gasteiger partial charge in [-0.2, -0.15) is 5.26 Å². The summed E-state index contributed by atoms with van der Waals surface area (Å²) in [6, 6.07) is 20.9. The number of hydrogen-bond acceptors (Lipinski definition) is 7. The highest BCUT2D eigenvalue weighted by Gasteiger charge is 2.24. The van der Waals surface area contributed by atoms with E-state index >= 15 is 0 Å². The molecule has 0 atom stereocenters. The Morgan fingerprint density at radius 3 is 2.41 bits per heavy atom. The van der Waals surface area contributed by atoms with Crippen molar-refractivity contribution in [1.29, 1.82) is 5.26 Å². The van der Waals surface area contributed by atoms with E-state index < -0.39 is 10.8 Å². The summed E-state index contributed by atoms with van der Waals surface area (Å²) >= 11 is 0. The highest BCUT2D eigenvalue weighted by atomic mass is 16.6. The molecule has 0 unspecified atom stereocenters. The van der Waals surface area contributed by atoms with E-state index in [0.717, 1.165) is 5.56 Å². The number of nitrogens with one attached hydrogen (secondary N) is 1. The zero-order valence-corrected chi connectivity index (χ0v) is 17.9.